The maximum absolute atomic E-state index is 14.3. The molecule has 8 nitrogen and oxygen atoms in total. The van der Waals surface area contributed by atoms with Crippen molar-refractivity contribution in [3.05, 3.63) is 46.0 Å². The van der Waals surface area contributed by atoms with Gasteiger partial charge >= 0.3 is 0 Å². The molecule has 2 rings (SSSR count). The van der Waals surface area contributed by atoms with Gasteiger partial charge in [0.05, 0.1) is 17.7 Å². The van der Waals surface area contributed by atoms with Crippen LogP contribution >= 0.6 is 11.6 Å². The topological polar surface area (TPSA) is 131 Å². The minimum absolute atomic E-state index is 0.0679. The number of aliphatic hydroxyl groups excluding tert-OH is 1. The monoisotopic (exact) mass is 477 g/mol. The summed E-state index contributed by atoms with van der Waals surface area (Å²) in [4.78, 5) is 12.5. The number of hydrogen-bond acceptors (Lipinski definition) is 7. The van der Waals surface area contributed by atoms with E-state index in [2.05, 4.69) is 20.3 Å². The van der Waals surface area contributed by atoms with Gasteiger partial charge in [0.15, 0.2) is 5.82 Å². The number of nitrogens with zero attached hydrogens (tertiary/aromatic N) is 3. The zero-order valence-electron chi connectivity index (χ0n) is 17.4. The number of hydrogen-bond donors (Lipinski definition) is 3. The van der Waals surface area contributed by atoms with Gasteiger partial charge in [-0.2, -0.15) is 9.97 Å². The second kappa shape index (κ2) is 10.6. The molecule has 0 aliphatic rings. The SMILES string of the molecule is CC(C)C[C@H](CO)Nc1nc(C[C@H](C)c2cc(F)c(Cl)cc2F)nc(CS(N)(=O)=O)n1. The van der Waals surface area contributed by atoms with Crippen molar-refractivity contribution >= 4 is 27.6 Å². The van der Waals surface area contributed by atoms with E-state index in [1.807, 2.05) is 13.8 Å². The molecule has 12 heteroatoms. The lowest BCUT2D eigenvalue weighted by Crippen LogP contribution is -2.28. The average Bonchev–Trinajstić information content (AvgIpc) is 2.62. The molecule has 1 heterocycles. The second-order valence-corrected chi connectivity index (χ2v) is 9.87. The third-order valence-electron chi connectivity index (χ3n) is 4.43. The number of benzene rings is 1. The lowest BCUT2D eigenvalue weighted by molar-refractivity contribution is 0.259. The summed E-state index contributed by atoms with van der Waals surface area (Å²) in [6.45, 7) is 5.43. The Hall–Kier alpha value is -1.95. The van der Waals surface area contributed by atoms with Gasteiger partial charge in [-0.25, -0.2) is 27.3 Å². The Bertz CT molecular complexity index is 1020. The molecule has 1 aromatic carbocycles. The van der Waals surface area contributed by atoms with Crippen molar-refractivity contribution in [3.8, 4) is 0 Å². The van der Waals surface area contributed by atoms with E-state index in [9.17, 15) is 22.3 Å². The number of primary sulfonamides is 1. The van der Waals surface area contributed by atoms with Crippen LogP contribution in [-0.2, 0) is 22.2 Å². The van der Waals surface area contributed by atoms with Crippen molar-refractivity contribution in [1.29, 1.82) is 0 Å². The lowest BCUT2D eigenvalue weighted by Gasteiger charge is -2.19. The van der Waals surface area contributed by atoms with E-state index in [1.54, 1.807) is 6.92 Å². The van der Waals surface area contributed by atoms with Gasteiger partial charge in [0.1, 0.15) is 23.2 Å². The summed E-state index contributed by atoms with van der Waals surface area (Å²) in [6, 6.07) is 1.55. The highest BCUT2D eigenvalue weighted by atomic mass is 35.5. The number of nitrogens with two attached hydrogens (primary N) is 1. The third-order valence-corrected chi connectivity index (χ3v) is 5.38. The highest BCUT2D eigenvalue weighted by Gasteiger charge is 2.20. The Balaban J connectivity index is 2.36. The molecule has 0 saturated carbocycles. The highest BCUT2D eigenvalue weighted by Crippen LogP contribution is 2.27. The standard InChI is InChI=1S/C19H26ClF2N5O3S/c1-10(2)4-12(8-28)24-19-26-17(25-18(27-19)9-31(23,29)30)5-11(3)13-6-16(22)14(20)7-15(13)21/h6-7,10-12,28H,4-5,8-9H2,1-3H3,(H2,23,29,30)(H,24,25,26,27)/t11-,12+/m0/s1. The fourth-order valence-corrected chi connectivity index (χ4v) is 3.74. The smallest absolute Gasteiger partial charge is 0.226 e. The maximum atomic E-state index is 14.3. The summed E-state index contributed by atoms with van der Waals surface area (Å²) in [7, 11) is -3.92. The molecule has 4 N–H and O–H groups in total. The summed E-state index contributed by atoms with van der Waals surface area (Å²) in [5, 5.41) is 17.4. The average molecular weight is 478 g/mol. The molecule has 0 fully saturated rings. The lowest BCUT2D eigenvalue weighted by atomic mass is 9.96. The van der Waals surface area contributed by atoms with Crippen molar-refractivity contribution in [3.63, 3.8) is 0 Å². The van der Waals surface area contributed by atoms with Gasteiger partial charge in [-0.15, -0.1) is 0 Å². The van der Waals surface area contributed by atoms with Crippen molar-refractivity contribution in [2.24, 2.45) is 11.1 Å². The number of halogens is 3. The van der Waals surface area contributed by atoms with Crippen LogP contribution < -0.4 is 10.5 Å². The first-order chi connectivity index (χ1) is 14.4. The molecule has 172 valence electrons. The molecule has 0 aliphatic carbocycles. The first kappa shape index (κ1) is 25.3. The van der Waals surface area contributed by atoms with Crippen molar-refractivity contribution < 1.29 is 22.3 Å². The second-order valence-electron chi connectivity index (χ2n) is 7.85. The van der Waals surface area contributed by atoms with Crippen LogP contribution in [-0.4, -0.2) is 41.1 Å². The Morgan fingerprint density at radius 3 is 2.35 bits per heavy atom. The van der Waals surface area contributed by atoms with Gasteiger partial charge in [0.2, 0.25) is 16.0 Å². The fraction of sp³-hybridized carbons (Fsp3) is 0.526. The van der Waals surface area contributed by atoms with E-state index < -0.39 is 33.3 Å². The molecule has 2 atom stereocenters. The molecule has 0 spiro atoms. The van der Waals surface area contributed by atoms with Gasteiger partial charge < -0.3 is 10.4 Å². The van der Waals surface area contributed by atoms with Crippen LogP contribution in [0.4, 0.5) is 14.7 Å². The molecule has 0 aliphatic heterocycles. The molecule has 0 radical (unpaired) electrons. The van der Waals surface area contributed by atoms with Gasteiger partial charge in [0, 0.05) is 6.42 Å². The van der Waals surface area contributed by atoms with E-state index in [1.165, 1.54) is 0 Å². The number of sulfonamides is 1. The molecule has 0 saturated heterocycles. The van der Waals surface area contributed by atoms with Crippen molar-refractivity contribution in [2.45, 2.75) is 51.3 Å². The van der Waals surface area contributed by atoms with E-state index in [4.69, 9.17) is 16.7 Å². The molecule has 0 amide bonds. The van der Waals surface area contributed by atoms with Gasteiger partial charge in [-0.3, -0.25) is 0 Å². The van der Waals surface area contributed by atoms with Crippen LogP contribution in [0.5, 0.6) is 0 Å². The molecular formula is C19H26ClF2N5O3S. The predicted molar refractivity (Wildman–Crippen MR) is 114 cm³/mol. The Morgan fingerprint density at radius 1 is 1.13 bits per heavy atom. The largest absolute Gasteiger partial charge is 0.394 e. The van der Waals surface area contributed by atoms with E-state index in [-0.39, 0.29) is 53.2 Å². The number of nitrogens with one attached hydrogen (secondary N) is 1. The van der Waals surface area contributed by atoms with Crippen LogP contribution in [0.15, 0.2) is 12.1 Å². The Kier molecular flexibility index (Phi) is 8.64. The summed E-state index contributed by atoms with van der Waals surface area (Å²) >= 11 is 5.61. The zero-order chi connectivity index (χ0) is 23.3. The minimum atomic E-state index is -3.92. The Morgan fingerprint density at radius 2 is 1.77 bits per heavy atom. The number of aromatic nitrogens is 3. The van der Waals surface area contributed by atoms with Crippen molar-refractivity contribution in [1.82, 2.24) is 15.0 Å². The quantitative estimate of drug-likeness (QED) is 0.448. The fourth-order valence-electron chi connectivity index (χ4n) is 3.10. The van der Waals surface area contributed by atoms with Crippen LogP contribution in [0.1, 0.15) is 50.3 Å². The van der Waals surface area contributed by atoms with Gasteiger partial charge in [-0.05, 0) is 36.0 Å². The highest BCUT2D eigenvalue weighted by molar-refractivity contribution is 7.88. The van der Waals surface area contributed by atoms with Crippen LogP contribution in [0, 0.1) is 17.6 Å². The number of aliphatic hydroxyl groups is 1. The minimum Gasteiger partial charge on any atom is -0.394 e. The van der Waals surface area contributed by atoms with E-state index in [0.29, 0.717) is 6.42 Å². The maximum Gasteiger partial charge on any atom is 0.226 e. The molecule has 2 aromatic rings. The van der Waals surface area contributed by atoms with Crippen LogP contribution in [0.25, 0.3) is 0 Å². The summed E-state index contributed by atoms with van der Waals surface area (Å²) in [5.74, 6) is -2.18. The number of anilines is 1. The first-order valence-electron chi connectivity index (χ1n) is 9.64. The molecular weight excluding hydrogens is 452 g/mol. The molecule has 0 bridgehead atoms. The molecule has 31 heavy (non-hydrogen) atoms. The van der Waals surface area contributed by atoms with Gasteiger partial charge in [-0.1, -0.05) is 32.4 Å². The third kappa shape index (κ3) is 7.91. The van der Waals surface area contributed by atoms with Crippen molar-refractivity contribution in [2.75, 3.05) is 11.9 Å². The summed E-state index contributed by atoms with van der Waals surface area (Å²) < 4.78 is 51.1. The van der Waals surface area contributed by atoms with E-state index in [0.717, 1.165) is 12.1 Å². The first-order valence-corrected chi connectivity index (χ1v) is 11.7. The van der Waals surface area contributed by atoms with Crippen LogP contribution in [0.2, 0.25) is 5.02 Å². The summed E-state index contributed by atoms with van der Waals surface area (Å²) in [5.41, 5.74) is 0.0814. The normalized spacial score (nSPS) is 14.0. The summed E-state index contributed by atoms with van der Waals surface area (Å²) in [6.07, 6.45) is 0.689. The zero-order valence-corrected chi connectivity index (χ0v) is 19.0. The van der Waals surface area contributed by atoms with Gasteiger partial charge in [0.25, 0.3) is 0 Å². The predicted octanol–water partition coefficient (Wildman–Crippen LogP) is 2.76. The van der Waals surface area contributed by atoms with Crippen LogP contribution in [0.3, 0.4) is 0 Å². The number of rotatable bonds is 10. The molecule has 0 unspecified atom stereocenters. The molecule has 1 aromatic heterocycles. The Labute approximate surface area is 185 Å². The van der Waals surface area contributed by atoms with E-state index >= 15 is 0 Å².